The second-order valence-corrected chi connectivity index (χ2v) is 6.97. The number of carbonyl (C=O) groups is 1. The van der Waals surface area contributed by atoms with Crippen LogP contribution in [0.25, 0.3) is 0 Å². The van der Waals surface area contributed by atoms with E-state index >= 15 is 0 Å². The second-order valence-electron chi connectivity index (χ2n) is 6.97. The Labute approximate surface area is 152 Å². The van der Waals surface area contributed by atoms with Crippen LogP contribution in [0, 0.1) is 17.7 Å². The number of aryl methyl sites for hydroxylation is 1. The molecule has 26 heavy (non-hydrogen) atoms. The smallest absolute Gasteiger partial charge is 0.307 e. The van der Waals surface area contributed by atoms with Crippen molar-refractivity contribution in [2.75, 3.05) is 6.54 Å². The molecule has 0 saturated heterocycles. The minimum atomic E-state index is -0.909. The fourth-order valence-corrected chi connectivity index (χ4v) is 3.15. The predicted octanol–water partition coefficient (Wildman–Crippen LogP) is 2.30. The highest BCUT2D eigenvalue weighted by Crippen LogP contribution is 2.31. The fourth-order valence-electron chi connectivity index (χ4n) is 3.15. The van der Waals surface area contributed by atoms with E-state index in [0.717, 1.165) is 6.42 Å². The van der Waals surface area contributed by atoms with Gasteiger partial charge in [-0.05, 0) is 55.3 Å². The first-order valence-electron chi connectivity index (χ1n) is 8.85. The topological polar surface area (TPSA) is 118 Å². The van der Waals surface area contributed by atoms with Crippen LogP contribution >= 0.6 is 0 Å². The minimum Gasteiger partial charge on any atom is -0.481 e. The standard InChI is InChI=1S/C18H26FN5O2/c1-11(2)8-15(18(25)26)14(17-21-23-24-22-17)9-12-5-6-13(4-3-7-20)16(19)10-12/h5-6,10-11,14-15H,3-4,7-9,20H2,1-2H3,(H,25,26)(H,21,22,23,24)/t14-,15-/m0/s1. The molecule has 0 aliphatic carbocycles. The van der Waals surface area contributed by atoms with Gasteiger partial charge in [-0.25, -0.2) is 4.39 Å². The van der Waals surface area contributed by atoms with Crippen LogP contribution in [0.3, 0.4) is 0 Å². The molecule has 1 heterocycles. The zero-order valence-corrected chi connectivity index (χ0v) is 15.2. The van der Waals surface area contributed by atoms with Gasteiger partial charge in [0.15, 0.2) is 5.82 Å². The zero-order valence-electron chi connectivity index (χ0n) is 15.2. The number of benzene rings is 1. The molecule has 0 radical (unpaired) electrons. The lowest BCUT2D eigenvalue weighted by atomic mass is 9.81. The number of tetrazole rings is 1. The molecule has 0 aliphatic rings. The normalized spacial score (nSPS) is 13.7. The van der Waals surface area contributed by atoms with Crippen molar-refractivity contribution in [2.24, 2.45) is 17.6 Å². The third-order valence-electron chi connectivity index (χ3n) is 4.44. The van der Waals surface area contributed by atoms with E-state index in [1.807, 2.05) is 19.9 Å². The number of aromatic nitrogens is 4. The van der Waals surface area contributed by atoms with Gasteiger partial charge >= 0.3 is 5.97 Å². The molecule has 0 bridgehead atoms. The number of aliphatic carboxylic acids is 1. The monoisotopic (exact) mass is 363 g/mol. The highest BCUT2D eigenvalue weighted by molar-refractivity contribution is 5.71. The number of hydrogen-bond acceptors (Lipinski definition) is 5. The summed E-state index contributed by atoms with van der Waals surface area (Å²) in [6.07, 6.45) is 2.11. The highest BCUT2D eigenvalue weighted by Gasteiger charge is 2.33. The van der Waals surface area contributed by atoms with Crippen molar-refractivity contribution in [3.05, 3.63) is 41.0 Å². The van der Waals surface area contributed by atoms with Crippen LogP contribution in [0.4, 0.5) is 4.39 Å². The number of hydrogen-bond donors (Lipinski definition) is 3. The van der Waals surface area contributed by atoms with Crippen LogP contribution in [0.15, 0.2) is 18.2 Å². The van der Waals surface area contributed by atoms with Gasteiger partial charge in [-0.3, -0.25) is 4.79 Å². The molecule has 1 aromatic heterocycles. The molecule has 2 atom stereocenters. The maximum Gasteiger partial charge on any atom is 0.307 e. The molecule has 1 aromatic carbocycles. The van der Waals surface area contributed by atoms with Crippen LogP contribution in [0.1, 0.15) is 49.6 Å². The molecule has 4 N–H and O–H groups in total. The Balaban J connectivity index is 2.27. The molecule has 8 heteroatoms. The van der Waals surface area contributed by atoms with Gasteiger partial charge in [0.25, 0.3) is 0 Å². The van der Waals surface area contributed by atoms with E-state index in [0.29, 0.717) is 42.8 Å². The lowest BCUT2D eigenvalue weighted by Gasteiger charge is -2.23. The maximum atomic E-state index is 14.3. The van der Waals surface area contributed by atoms with E-state index in [1.165, 1.54) is 6.07 Å². The molecule has 7 nitrogen and oxygen atoms in total. The molecule has 0 saturated carbocycles. The van der Waals surface area contributed by atoms with Crippen molar-refractivity contribution >= 4 is 5.97 Å². The average molecular weight is 363 g/mol. The number of halogens is 1. The summed E-state index contributed by atoms with van der Waals surface area (Å²) in [4.78, 5) is 11.8. The van der Waals surface area contributed by atoms with Crippen LogP contribution in [-0.2, 0) is 17.6 Å². The second kappa shape index (κ2) is 9.38. The van der Waals surface area contributed by atoms with Crippen molar-refractivity contribution in [3.8, 4) is 0 Å². The molecule has 0 amide bonds. The number of nitrogens with zero attached hydrogens (tertiary/aromatic N) is 3. The molecule has 2 rings (SSSR count). The van der Waals surface area contributed by atoms with Crippen molar-refractivity contribution in [1.29, 1.82) is 0 Å². The number of aromatic amines is 1. The minimum absolute atomic E-state index is 0.195. The van der Waals surface area contributed by atoms with Crippen molar-refractivity contribution in [1.82, 2.24) is 20.6 Å². The predicted molar refractivity (Wildman–Crippen MR) is 95.0 cm³/mol. The zero-order chi connectivity index (χ0) is 19.1. The Morgan fingerprint density at radius 1 is 1.38 bits per heavy atom. The Bertz CT molecular complexity index is 706. The third-order valence-corrected chi connectivity index (χ3v) is 4.44. The maximum absolute atomic E-state index is 14.3. The summed E-state index contributed by atoms with van der Waals surface area (Å²) >= 11 is 0. The van der Waals surface area contributed by atoms with Crippen LogP contribution in [-0.4, -0.2) is 38.2 Å². The van der Waals surface area contributed by atoms with E-state index in [1.54, 1.807) is 6.07 Å². The first-order valence-corrected chi connectivity index (χ1v) is 8.85. The molecule has 0 spiro atoms. The van der Waals surface area contributed by atoms with E-state index < -0.39 is 17.8 Å². The quantitative estimate of drug-likeness (QED) is 0.596. The van der Waals surface area contributed by atoms with E-state index in [2.05, 4.69) is 20.6 Å². The first-order chi connectivity index (χ1) is 12.4. The Hall–Kier alpha value is -2.35. The van der Waals surface area contributed by atoms with Gasteiger partial charge in [-0.15, -0.1) is 10.2 Å². The van der Waals surface area contributed by atoms with Gasteiger partial charge in [0.05, 0.1) is 5.92 Å². The molecular weight excluding hydrogens is 337 g/mol. The van der Waals surface area contributed by atoms with Gasteiger partial charge in [0, 0.05) is 5.92 Å². The number of H-pyrrole nitrogens is 1. The van der Waals surface area contributed by atoms with Crippen molar-refractivity contribution in [3.63, 3.8) is 0 Å². The third kappa shape index (κ3) is 5.32. The summed E-state index contributed by atoms with van der Waals surface area (Å²) in [6.45, 7) is 4.45. The van der Waals surface area contributed by atoms with Crippen LogP contribution < -0.4 is 5.73 Å². The molecule has 0 fully saturated rings. The Kier molecular flexibility index (Phi) is 7.20. The van der Waals surface area contributed by atoms with E-state index in [4.69, 9.17) is 5.73 Å². The van der Waals surface area contributed by atoms with Gasteiger partial charge < -0.3 is 10.8 Å². The van der Waals surface area contributed by atoms with Gasteiger partial charge in [0.1, 0.15) is 5.82 Å². The summed E-state index contributed by atoms with van der Waals surface area (Å²) in [5.41, 5.74) is 6.81. The van der Waals surface area contributed by atoms with Crippen molar-refractivity contribution < 1.29 is 14.3 Å². The SMILES string of the molecule is CC(C)C[C@H](C(=O)O)[C@H](Cc1ccc(CCCN)c(F)c1)c1nn[nH]n1. The Morgan fingerprint density at radius 2 is 2.15 bits per heavy atom. The molecule has 0 unspecified atom stereocenters. The van der Waals surface area contributed by atoms with Crippen LogP contribution in [0.2, 0.25) is 0 Å². The van der Waals surface area contributed by atoms with Gasteiger partial charge in [-0.1, -0.05) is 31.2 Å². The number of carboxylic acids is 1. The molecule has 0 aliphatic heterocycles. The van der Waals surface area contributed by atoms with Gasteiger partial charge in [0.2, 0.25) is 0 Å². The lowest BCUT2D eigenvalue weighted by molar-refractivity contribution is -0.143. The number of carboxylic acid groups (broad SMARTS) is 1. The fraction of sp³-hybridized carbons (Fsp3) is 0.556. The summed E-state index contributed by atoms with van der Waals surface area (Å²) in [5.74, 6) is -1.82. The highest BCUT2D eigenvalue weighted by atomic mass is 19.1. The van der Waals surface area contributed by atoms with Gasteiger partial charge in [-0.2, -0.15) is 5.21 Å². The largest absolute Gasteiger partial charge is 0.481 e. The van der Waals surface area contributed by atoms with E-state index in [9.17, 15) is 14.3 Å². The number of rotatable bonds is 10. The summed E-state index contributed by atoms with van der Waals surface area (Å²) < 4.78 is 14.3. The number of nitrogens with one attached hydrogen (secondary N) is 1. The average Bonchev–Trinajstić information content (AvgIpc) is 3.11. The first kappa shape index (κ1) is 20.0. The summed E-state index contributed by atoms with van der Waals surface area (Å²) in [5, 5.41) is 23.6. The Morgan fingerprint density at radius 3 is 2.69 bits per heavy atom. The van der Waals surface area contributed by atoms with E-state index in [-0.39, 0.29) is 11.7 Å². The molecular formula is C18H26FN5O2. The van der Waals surface area contributed by atoms with Crippen LogP contribution in [0.5, 0.6) is 0 Å². The number of nitrogens with two attached hydrogens (primary N) is 1. The molecule has 142 valence electrons. The summed E-state index contributed by atoms with van der Waals surface area (Å²) in [6, 6.07) is 5.04. The summed E-state index contributed by atoms with van der Waals surface area (Å²) in [7, 11) is 0. The molecule has 2 aromatic rings. The lowest BCUT2D eigenvalue weighted by Crippen LogP contribution is -2.26. The van der Waals surface area contributed by atoms with Crippen molar-refractivity contribution in [2.45, 2.75) is 45.4 Å².